The highest BCUT2D eigenvalue weighted by atomic mass is 32.1. The number of thiophene rings is 1. The van der Waals surface area contributed by atoms with Crippen molar-refractivity contribution in [1.29, 1.82) is 0 Å². The van der Waals surface area contributed by atoms with Crippen LogP contribution in [0.5, 0.6) is 5.88 Å². The highest BCUT2D eigenvalue weighted by Crippen LogP contribution is 2.23. The molecule has 0 unspecified atom stereocenters. The van der Waals surface area contributed by atoms with Crippen LogP contribution in [0.1, 0.15) is 15.9 Å². The molecule has 0 atom stereocenters. The summed E-state index contributed by atoms with van der Waals surface area (Å²) in [5, 5.41) is 4.74. The number of benzene rings is 1. The molecule has 2 heterocycles. The summed E-state index contributed by atoms with van der Waals surface area (Å²) in [4.78, 5) is 16.5. The first kappa shape index (κ1) is 13.5. The van der Waals surface area contributed by atoms with E-state index in [1.165, 1.54) is 11.3 Å². The van der Waals surface area contributed by atoms with E-state index in [-0.39, 0.29) is 5.78 Å². The Hall–Kier alpha value is -2.46. The lowest BCUT2D eigenvalue weighted by Gasteiger charge is -2.05. The molecule has 0 aliphatic carbocycles. The van der Waals surface area contributed by atoms with Crippen molar-refractivity contribution in [3.8, 4) is 5.88 Å². The van der Waals surface area contributed by atoms with Crippen molar-refractivity contribution < 1.29 is 9.53 Å². The summed E-state index contributed by atoms with van der Waals surface area (Å²) in [6.45, 7) is 0. The molecule has 0 amide bonds. The molecule has 104 valence electrons. The summed E-state index contributed by atoms with van der Waals surface area (Å²) in [5.74, 6) is 0.495. The molecule has 1 aromatic carbocycles. The molecule has 3 rings (SSSR count). The first-order valence-electron chi connectivity index (χ1n) is 6.46. The minimum atomic E-state index is -0.0218. The van der Waals surface area contributed by atoms with Crippen LogP contribution < -0.4 is 4.74 Å². The number of para-hydroxylation sites is 1. The number of carbonyl (C=O) groups is 1. The summed E-state index contributed by atoms with van der Waals surface area (Å²) < 4.78 is 5.30. The number of hydrogen-bond acceptors (Lipinski definition) is 4. The average Bonchev–Trinajstić information content (AvgIpc) is 3.06. The van der Waals surface area contributed by atoms with Crippen LogP contribution in [-0.4, -0.2) is 17.9 Å². The van der Waals surface area contributed by atoms with Gasteiger partial charge in [-0.15, -0.1) is 0 Å². The standard InChI is InChI=1S/C17H13NO2S/c1-20-17-13(6-7-16(19)14-8-9-21-11-14)10-12-4-2-3-5-15(12)18-17/h2-11H,1H3/b7-6+. The quantitative estimate of drug-likeness (QED) is 0.535. The van der Waals surface area contributed by atoms with Gasteiger partial charge >= 0.3 is 0 Å². The van der Waals surface area contributed by atoms with Gasteiger partial charge in [0.2, 0.25) is 5.88 Å². The second-order valence-electron chi connectivity index (χ2n) is 4.49. The van der Waals surface area contributed by atoms with E-state index >= 15 is 0 Å². The summed E-state index contributed by atoms with van der Waals surface area (Å²) in [6.07, 6.45) is 3.30. The normalized spacial score (nSPS) is 11.1. The van der Waals surface area contributed by atoms with Gasteiger partial charge in [-0.2, -0.15) is 11.3 Å². The molecule has 0 N–H and O–H groups in total. The third-order valence-corrected chi connectivity index (χ3v) is 3.81. The van der Waals surface area contributed by atoms with Gasteiger partial charge < -0.3 is 4.74 Å². The summed E-state index contributed by atoms with van der Waals surface area (Å²) in [7, 11) is 1.58. The first-order valence-corrected chi connectivity index (χ1v) is 7.40. The molecule has 0 fully saturated rings. The maximum absolute atomic E-state index is 12.0. The van der Waals surface area contributed by atoms with Crippen molar-refractivity contribution >= 4 is 34.1 Å². The Morgan fingerprint density at radius 3 is 2.90 bits per heavy atom. The zero-order valence-corrected chi connectivity index (χ0v) is 12.3. The Balaban J connectivity index is 1.97. The van der Waals surface area contributed by atoms with Crippen LogP contribution in [0.15, 0.2) is 53.2 Å². The van der Waals surface area contributed by atoms with Gasteiger partial charge in [-0.25, -0.2) is 4.98 Å². The van der Waals surface area contributed by atoms with Gasteiger partial charge in [-0.05, 0) is 35.7 Å². The summed E-state index contributed by atoms with van der Waals surface area (Å²) >= 11 is 1.51. The molecule has 0 spiro atoms. The predicted octanol–water partition coefficient (Wildman–Crippen LogP) is 4.20. The van der Waals surface area contributed by atoms with Crippen molar-refractivity contribution in [3.05, 3.63) is 64.4 Å². The van der Waals surface area contributed by atoms with Crippen LogP contribution >= 0.6 is 11.3 Å². The van der Waals surface area contributed by atoms with Crippen LogP contribution in [0.3, 0.4) is 0 Å². The molecule has 3 aromatic rings. The number of fused-ring (bicyclic) bond motifs is 1. The maximum atomic E-state index is 12.0. The zero-order valence-electron chi connectivity index (χ0n) is 11.4. The van der Waals surface area contributed by atoms with Gasteiger partial charge in [0.25, 0.3) is 0 Å². The van der Waals surface area contributed by atoms with E-state index in [0.717, 1.165) is 16.5 Å². The largest absolute Gasteiger partial charge is 0.481 e. The lowest BCUT2D eigenvalue weighted by Crippen LogP contribution is -1.94. The molecule has 4 heteroatoms. The van der Waals surface area contributed by atoms with E-state index in [4.69, 9.17) is 4.74 Å². The molecular weight excluding hydrogens is 282 g/mol. The number of aromatic nitrogens is 1. The topological polar surface area (TPSA) is 39.2 Å². The molecule has 0 bridgehead atoms. The van der Waals surface area contributed by atoms with Crippen molar-refractivity contribution in [2.75, 3.05) is 7.11 Å². The number of nitrogens with zero attached hydrogens (tertiary/aromatic N) is 1. The Morgan fingerprint density at radius 2 is 2.14 bits per heavy atom. The number of rotatable bonds is 4. The summed E-state index contributed by atoms with van der Waals surface area (Å²) in [6, 6.07) is 11.6. The van der Waals surface area contributed by atoms with E-state index in [2.05, 4.69) is 4.98 Å². The molecule has 0 aliphatic heterocycles. The lowest BCUT2D eigenvalue weighted by atomic mass is 10.1. The van der Waals surface area contributed by atoms with E-state index in [9.17, 15) is 4.79 Å². The second-order valence-corrected chi connectivity index (χ2v) is 5.27. The molecule has 0 saturated heterocycles. The third-order valence-electron chi connectivity index (χ3n) is 3.13. The number of allylic oxidation sites excluding steroid dienone is 1. The number of ketones is 1. The molecule has 2 aromatic heterocycles. The minimum Gasteiger partial charge on any atom is -0.481 e. The molecule has 0 radical (unpaired) electrons. The van der Waals surface area contributed by atoms with Crippen molar-refractivity contribution in [1.82, 2.24) is 4.98 Å². The van der Waals surface area contributed by atoms with Crippen LogP contribution in [0.25, 0.3) is 17.0 Å². The highest BCUT2D eigenvalue weighted by Gasteiger charge is 2.06. The van der Waals surface area contributed by atoms with E-state index in [0.29, 0.717) is 11.4 Å². The smallest absolute Gasteiger partial charge is 0.221 e. The molecular formula is C17H13NO2S. The fourth-order valence-electron chi connectivity index (χ4n) is 2.06. The summed E-state index contributed by atoms with van der Waals surface area (Å²) in [5.41, 5.74) is 2.36. The zero-order chi connectivity index (χ0) is 14.7. The van der Waals surface area contributed by atoms with Gasteiger partial charge in [0.05, 0.1) is 12.6 Å². The van der Waals surface area contributed by atoms with Gasteiger partial charge in [0, 0.05) is 21.9 Å². The van der Waals surface area contributed by atoms with Crippen LogP contribution in [0.4, 0.5) is 0 Å². The van der Waals surface area contributed by atoms with Gasteiger partial charge in [0.1, 0.15) is 0 Å². The van der Waals surface area contributed by atoms with Crippen molar-refractivity contribution in [2.45, 2.75) is 0 Å². The fourth-order valence-corrected chi connectivity index (χ4v) is 2.71. The number of methoxy groups -OCH3 is 1. The SMILES string of the molecule is COc1nc2ccccc2cc1/C=C/C(=O)c1ccsc1. The predicted molar refractivity (Wildman–Crippen MR) is 86.0 cm³/mol. The third kappa shape index (κ3) is 2.85. The van der Waals surface area contributed by atoms with Crippen molar-refractivity contribution in [3.63, 3.8) is 0 Å². The number of pyridine rings is 1. The number of carbonyl (C=O) groups excluding carboxylic acids is 1. The molecule has 0 saturated carbocycles. The molecule has 0 aliphatic rings. The van der Waals surface area contributed by atoms with E-state index in [1.807, 2.05) is 47.2 Å². The van der Waals surface area contributed by atoms with E-state index < -0.39 is 0 Å². The molecule has 3 nitrogen and oxygen atoms in total. The highest BCUT2D eigenvalue weighted by molar-refractivity contribution is 7.08. The average molecular weight is 295 g/mol. The van der Waals surface area contributed by atoms with Gasteiger partial charge in [0.15, 0.2) is 5.78 Å². The van der Waals surface area contributed by atoms with Gasteiger partial charge in [-0.3, -0.25) is 4.79 Å². The second kappa shape index (κ2) is 5.89. The Labute approximate surface area is 126 Å². The Morgan fingerprint density at radius 1 is 1.29 bits per heavy atom. The van der Waals surface area contributed by atoms with Gasteiger partial charge in [-0.1, -0.05) is 18.2 Å². The molecule has 21 heavy (non-hydrogen) atoms. The minimum absolute atomic E-state index is 0.0218. The van der Waals surface area contributed by atoms with Crippen LogP contribution in [0, 0.1) is 0 Å². The first-order chi connectivity index (χ1) is 10.3. The number of hydrogen-bond donors (Lipinski definition) is 0. The Kier molecular flexibility index (Phi) is 3.79. The number of ether oxygens (including phenoxy) is 1. The van der Waals surface area contributed by atoms with E-state index in [1.54, 1.807) is 19.3 Å². The lowest BCUT2D eigenvalue weighted by molar-refractivity contribution is 0.104. The Bertz CT molecular complexity index is 807. The fraction of sp³-hybridized carbons (Fsp3) is 0.0588. The van der Waals surface area contributed by atoms with Crippen LogP contribution in [-0.2, 0) is 0 Å². The van der Waals surface area contributed by atoms with Crippen molar-refractivity contribution in [2.24, 2.45) is 0 Å². The maximum Gasteiger partial charge on any atom is 0.221 e. The van der Waals surface area contributed by atoms with Crippen LogP contribution in [0.2, 0.25) is 0 Å². The monoisotopic (exact) mass is 295 g/mol.